The van der Waals surface area contributed by atoms with Crippen molar-refractivity contribution in [3.05, 3.63) is 23.5 Å². The average molecular weight is 279 g/mol. The van der Waals surface area contributed by atoms with Gasteiger partial charge in [-0.05, 0) is 18.2 Å². The van der Waals surface area contributed by atoms with Crippen LogP contribution in [0.15, 0.2) is 23.4 Å². The lowest BCUT2D eigenvalue weighted by Crippen LogP contribution is -2.34. The van der Waals surface area contributed by atoms with Crippen molar-refractivity contribution in [2.75, 3.05) is 11.5 Å². The van der Waals surface area contributed by atoms with Crippen molar-refractivity contribution in [3.8, 4) is 0 Å². The maximum absolute atomic E-state index is 12.0. The van der Waals surface area contributed by atoms with E-state index in [4.69, 9.17) is 11.6 Å². The number of hydrogen-bond acceptors (Lipinski definition) is 4. The summed E-state index contributed by atoms with van der Waals surface area (Å²) < 4.78 is 26.6. The molecule has 1 fully saturated rings. The van der Waals surface area contributed by atoms with E-state index in [2.05, 4.69) is 9.71 Å². The van der Waals surface area contributed by atoms with Crippen molar-refractivity contribution in [1.29, 1.82) is 0 Å². The van der Waals surface area contributed by atoms with E-state index in [9.17, 15) is 8.42 Å². The lowest BCUT2D eigenvalue weighted by atomic mass is 10.3. The number of sulfonamides is 1. The van der Waals surface area contributed by atoms with Crippen LogP contribution in [0.4, 0.5) is 0 Å². The van der Waals surface area contributed by atoms with E-state index < -0.39 is 10.0 Å². The van der Waals surface area contributed by atoms with Crippen LogP contribution in [0.5, 0.6) is 0 Å². The van der Waals surface area contributed by atoms with Gasteiger partial charge in [0.15, 0.2) is 0 Å². The molecule has 16 heavy (non-hydrogen) atoms. The second kappa shape index (κ2) is 4.91. The average Bonchev–Trinajstić information content (AvgIpc) is 2.70. The summed E-state index contributed by atoms with van der Waals surface area (Å²) in [5.41, 5.74) is 0. The van der Waals surface area contributed by atoms with Crippen molar-refractivity contribution in [3.63, 3.8) is 0 Å². The van der Waals surface area contributed by atoms with Crippen molar-refractivity contribution in [2.24, 2.45) is 0 Å². The molecule has 1 aromatic heterocycles. The molecular formula is C9H11ClN2O2S2. The molecular weight excluding hydrogens is 268 g/mol. The topological polar surface area (TPSA) is 59.1 Å². The van der Waals surface area contributed by atoms with Crippen molar-refractivity contribution in [1.82, 2.24) is 9.71 Å². The molecule has 1 aliphatic heterocycles. The Morgan fingerprint density at radius 1 is 1.56 bits per heavy atom. The van der Waals surface area contributed by atoms with Gasteiger partial charge in [0, 0.05) is 24.2 Å². The number of nitrogens with zero attached hydrogens (tertiary/aromatic N) is 1. The molecule has 1 atom stereocenters. The predicted octanol–water partition coefficient (Wildman–Crippen LogP) is 1.52. The van der Waals surface area contributed by atoms with E-state index in [0.29, 0.717) is 0 Å². The van der Waals surface area contributed by atoms with Crippen molar-refractivity contribution < 1.29 is 8.42 Å². The third-order valence-corrected chi connectivity index (χ3v) is 5.43. The minimum Gasteiger partial charge on any atom is -0.263 e. The Kier molecular flexibility index (Phi) is 3.73. The fraction of sp³-hybridized carbons (Fsp3) is 0.444. The Morgan fingerprint density at radius 2 is 2.38 bits per heavy atom. The van der Waals surface area contributed by atoms with Crippen LogP contribution in [0.1, 0.15) is 6.42 Å². The summed E-state index contributed by atoms with van der Waals surface area (Å²) in [5, 5.41) is 0.202. The van der Waals surface area contributed by atoms with E-state index >= 15 is 0 Å². The van der Waals surface area contributed by atoms with Crippen LogP contribution in [-0.2, 0) is 10.0 Å². The van der Waals surface area contributed by atoms with E-state index in [1.807, 2.05) is 0 Å². The van der Waals surface area contributed by atoms with E-state index in [1.165, 1.54) is 18.5 Å². The maximum atomic E-state index is 12.0. The molecule has 88 valence electrons. The number of nitrogens with one attached hydrogen (secondary N) is 1. The smallest absolute Gasteiger partial charge is 0.243 e. The molecule has 0 amide bonds. The predicted molar refractivity (Wildman–Crippen MR) is 65.3 cm³/mol. The highest BCUT2D eigenvalue weighted by Gasteiger charge is 2.24. The number of halogens is 1. The summed E-state index contributed by atoms with van der Waals surface area (Å²) in [6.45, 7) is 0. The summed E-state index contributed by atoms with van der Waals surface area (Å²) in [4.78, 5) is 3.83. The first-order chi connectivity index (χ1) is 7.59. The van der Waals surface area contributed by atoms with Crippen molar-refractivity contribution >= 4 is 33.4 Å². The third kappa shape index (κ3) is 2.68. The van der Waals surface area contributed by atoms with Gasteiger partial charge in [0.05, 0.1) is 5.02 Å². The lowest BCUT2D eigenvalue weighted by Gasteiger charge is -2.12. The van der Waals surface area contributed by atoms with Gasteiger partial charge in [-0.2, -0.15) is 11.8 Å². The summed E-state index contributed by atoms with van der Waals surface area (Å²) in [5.74, 6) is 1.81. The van der Waals surface area contributed by atoms with Crippen LogP contribution in [0.25, 0.3) is 0 Å². The van der Waals surface area contributed by atoms with Crippen LogP contribution in [0.2, 0.25) is 5.02 Å². The summed E-state index contributed by atoms with van der Waals surface area (Å²) in [6, 6.07) is 1.48. The molecule has 0 aromatic carbocycles. The molecule has 0 bridgehead atoms. The number of thioether (sulfide) groups is 1. The highest BCUT2D eigenvalue weighted by atomic mass is 35.5. The Morgan fingerprint density at radius 3 is 3.00 bits per heavy atom. The molecule has 1 unspecified atom stereocenters. The largest absolute Gasteiger partial charge is 0.263 e. The molecule has 0 spiro atoms. The van der Waals surface area contributed by atoms with Gasteiger partial charge in [0.25, 0.3) is 0 Å². The van der Waals surface area contributed by atoms with Gasteiger partial charge < -0.3 is 0 Å². The minimum atomic E-state index is -3.53. The normalized spacial score (nSPS) is 21.2. The summed E-state index contributed by atoms with van der Waals surface area (Å²) in [7, 11) is -3.53. The summed E-state index contributed by atoms with van der Waals surface area (Å²) in [6.07, 6.45) is 3.60. The van der Waals surface area contributed by atoms with E-state index in [-0.39, 0.29) is 16.0 Å². The second-order valence-corrected chi connectivity index (χ2v) is 6.73. The van der Waals surface area contributed by atoms with Gasteiger partial charge in [-0.1, -0.05) is 11.6 Å². The molecule has 0 radical (unpaired) electrons. The van der Waals surface area contributed by atoms with Gasteiger partial charge in [-0.25, -0.2) is 13.1 Å². The third-order valence-electron chi connectivity index (χ3n) is 2.28. The van der Waals surface area contributed by atoms with Gasteiger partial charge in [0.2, 0.25) is 10.0 Å². The number of aromatic nitrogens is 1. The number of hydrogen-bond donors (Lipinski definition) is 1. The van der Waals surface area contributed by atoms with Crippen LogP contribution < -0.4 is 4.72 Å². The first kappa shape index (κ1) is 12.2. The molecule has 2 heterocycles. The van der Waals surface area contributed by atoms with Crippen molar-refractivity contribution in [2.45, 2.75) is 17.4 Å². The highest BCUT2D eigenvalue weighted by molar-refractivity contribution is 7.99. The van der Waals surface area contributed by atoms with Crippen LogP contribution in [-0.4, -0.2) is 30.9 Å². The standard InChI is InChI=1S/C9H11ClN2O2S2/c10-8-1-3-11-5-9(8)16(13,14)12-7-2-4-15-6-7/h1,3,5,7,12H,2,4,6H2. The number of pyridine rings is 1. The molecule has 1 aromatic rings. The fourth-order valence-electron chi connectivity index (χ4n) is 1.47. The Bertz CT molecular complexity index is 472. The highest BCUT2D eigenvalue weighted by Crippen LogP contribution is 2.22. The number of rotatable bonds is 3. The zero-order chi connectivity index (χ0) is 11.6. The molecule has 4 nitrogen and oxygen atoms in total. The molecule has 0 saturated carbocycles. The van der Waals surface area contributed by atoms with Gasteiger partial charge >= 0.3 is 0 Å². The Balaban J connectivity index is 2.21. The lowest BCUT2D eigenvalue weighted by molar-refractivity contribution is 0.563. The quantitative estimate of drug-likeness (QED) is 0.911. The SMILES string of the molecule is O=S(=O)(NC1CCSC1)c1cnccc1Cl. The minimum absolute atomic E-state index is 0.00581. The molecule has 0 aliphatic carbocycles. The molecule has 7 heteroatoms. The molecule has 1 N–H and O–H groups in total. The molecule has 1 saturated heterocycles. The Labute approximate surface area is 104 Å². The first-order valence-electron chi connectivity index (χ1n) is 4.79. The molecule has 2 rings (SSSR count). The van der Waals surface area contributed by atoms with Gasteiger partial charge in [-0.3, -0.25) is 4.98 Å². The monoisotopic (exact) mass is 278 g/mol. The Hall–Kier alpha value is -0.300. The summed E-state index contributed by atoms with van der Waals surface area (Å²) >= 11 is 7.58. The van der Waals surface area contributed by atoms with Gasteiger partial charge in [-0.15, -0.1) is 0 Å². The van der Waals surface area contributed by atoms with Crippen LogP contribution in [0, 0.1) is 0 Å². The second-order valence-electron chi connectivity index (χ2n) is 3.49. The van der Waals surface area contributed by atoms with Gasteiger partial charge in [0.1, 0.15) is 4.90 Å². The fourth-order valence-corrected chi connectivity index (χ4v) is 4.43. The first-order valence-corrected chi connectivity index (χ1v) is 7.81. The van der Waals surface area contributed by atoms with E-state index in [0.717, 1.165) is 17.9 Å². The zero-order valence-corrected chi connectivity index (χ0v) is 10.8. The van der Waals surface area contributed by atoms with Crippen LogP contribution in [0.3, 0.4) is 0 Å². The van der Waals surface area contributed by atoms with E-state index in [1.54, 1.807) is 11.8 Å². The zero-order valence-electron chi connectivity index (χ0n) is 8.39. The maximum Gasteiger partial charge on any atom is 0.243 e. The van der Waals surface area contributed by atoms with Crippen LogP contribution >= 0.6 is 23.4 Å². The molecule has 1 aliphatic rings.